The van der Waals surface area contributed by atoms with Crippen LogP contribution in [0, 0.1) is 0 Å². The third kappa shape index (κ3) is 2.83. The number of piperidine rings is 1. The zero-order chi connectivity index (χ0) is 18.3. The molecule has 0 radical (unpaired) electrons. The van der Waals surface area contributed by atoms with Crippen LogP contribution in [0.1, 0.15) is 13.3 Å². The van der Waals surface area contributed by atoms with E-state index in [1.807, 2.05) is 30.3 Å². The summed E-state index contributed by atoms with van der Waals surface area (Å²) >= 11 is 6.89. The Morgan fingerprint density at radius 1 is 1.38 bits per heavy atom. The molecule has 26 heavy (non-hydrogen) atoms. The van der Waals surface area contributed by atoms with Gasteiger partial charge in [0, 0.05) is 13.1 Å². The van der Waals surface area contributed by atoms with Crippen molar-refractivity contribution in [2.24, 2.45) is 4.99 Å². The molecule has 6 nitrogen and oxygen atoms in total. The van der Waals surface area contributed by atoms with Crippen LogP contribution < -0.4 is 4.90 Å². The van der Waals surface area contributed by atoms with Gasteiger partial charge < -0.3 is 9.64 Å². The molecule has 0 aromatic heterocycles. The number of hydrogen-bond donors (Lipinski definition) is 0. The minimum absolute atomic E-state index is 0.0318. The first-order valence-electron chi connectivity index (χ1n) is 8.44. The van der Waals surface area contributed by atoms with Gasteiger partial charge in [0.15, 0.2) is 0 Å². The molecular weight excluding hydrogens is 370 g/mol. The van der Waals surface area contributed by atoms with Gasteiger partial charge in [-0.2, -0.15) is 0 Å². The van der Waals surface area contributed by atoms with Crippen molar-refractivity contribution in [3.8, 4) is 0 Å². The molecule has 134 valence electrons. The van der Waals surface area contributed by atoms with E-state index in [1.54, 1.807) is 11.8 Å². The van der Waals surface area contributed by atoms with Gasteiger partial charge in [-0.25, -0.2) is 9.79 Å². The van der Waals surface area contributed by atoms with Crippen LogP contribution >= 0.6 is 24.0 Å². The van der Waals surface area contributed by atoms with Crippen molar-refractivity contribution in [1.82, 2.24) is 4.90 Å². The van der Waals surface area contributed by atoms with Gasteiger partial charge >= 0.3 is 6.09 Å². The summed E-state index contributed by atoms with van der Waals surface area (Å²) in [5, 5.41) is 0.969. The number of rotatable bonds is 2. The van der Waals surface area contributed by atoms with Crippen LogP contribution in [-0.2, 0) is 9.53 Å². The molecule has 0 bridgehead atoms. The summed E-state index contributed by atoms with van der Waals surface area (Å²) in [5.41, 5.74) is 2.43. The highest BCUT2D eigenvalue weighted by atomic mass is 32.2. The summed E-state index contributed by atoms with van der Waals surface area (Å²) in [6.07, 6.45) is 0.341. The van der Waals surface area contributed by atoms with Gasteiger partial charge in [0.25, 0.3) is 5.91 Å². The van der Waals surface area contributed by atoms with Gasteiger partial charge in [0.2, 0.25) is 5.11 Å². The van der Waals surface area contributed by atoms with Crippen LogP contribution in [0.25, 0.3) is 0 Å². The number of benzene rings is 1. The lowest BCUT2D eigenvalue weighted by Gasteiger charge is -2.31. The second-order valence-corrected chi connectivity index (χ2v) is 7.63. The maximum absolute atomic E-state index is 13.2. The van der Waals surface area contributed by atoms with Crippen molar-refractivity contribution in [3.05, 3.63) is 41.5 Å². The molecule has 1 aromatic rings. The first kappa shape index (κ1) is 17.2. The molecule has 2 amide bonds. The Morgan fingerprint density at radius 2 is 2.15 bits per heavy atom. The number of thioether (sulfide) groups is 1. The Balaban J connectivity index is 1.64. The average Bonchev–Trinajstić information content (AvgIpc) is 3.00. The Hall–Kier alpha value is -2.19. The number of para-hydroxylation sites is 1. The van der Waals surface area contributed by atoms with Crippen molar-refractivity contribution in [1.29, 1.82) is 0 Å². The van der Waals surface area contributed by atoms with E-state index in [0.29, 0.717) is 36.7 Å². The van der Waals surface area contributed by atoms with Crippen LogP contribution in [0.2, 0.25) is 0 Å². The van der Waals surface area contributed by atoms with Crippen LogP contribution in [0.4, 0.5) is 10.5 Å². The number of thiocarbonyl (C=S) groups is 1. The lowest BCUT2D eigenvalue weighted by Crippen LogP contribution is -2.43. The molecule has 3 aliphatic heterocycles. The summed E-state index contributed by atoms with van der Waals surface area (Å²) in [5.74, 6) is -0.124. The molecule has 1 fully saturated rings. The zero-order valence-corrected chi connectivity index (χ0v) is 15.8. The third-order valence-electron chi connectivity index (χ3n) is 4.56. The molecule has 0 saturated carbocycles. The highest BCUT2D eigenvalue weighted by Crippen LogP contribution is 2.43. The first-order chi connectivity index (χ1) is 12.6. The number of aliphatic imine (C=N–C) groups is 1. The van der Waals surface area contributed by atoms with Crippen LogP contribution in [0.3, 0.4) is 0 Å². The Morgan fingerprint density at radius 3 is 2.88 bits per heavy atom. The van der Waals surface area contributed by atoms with Crippen molar-refractivity contribution < 1.29 is 14.3 Å². The normalized spacial score (nSPS) is 22.2. The number of carbonyl (C=O) groups is 2. The summed E-state index contributed by atoms with van der Waals surface area (Å²) in [6.45, 7) is 3.21. The molecular formula is C18H17N3O3S2. The van der Waals surface area contributed by atoms with Crippen molar-refractivity contribution in [3.63, 3.8) is 0 Å². The van der Waals surface area contributed by atoms with E-state index in [9.17, 15) is 9.59 Å². The van der Waals surface area contributed by atoms with Gasteiger partial charge in [0.05, 0.1) is 23.1 Å². The van der Waals surface area contributed by atoms with Crippen LogP contribution in [0.5, 0.6) is 0 Å². The number of hydrogen-bond acceptors (Lipinski definition) is 5. The number of anilines is 1. The number of likely N-dealkylation sites (tertiary alicyclic amines) is 1. The predicted molar refractivity (Wildman–Crippen MR) is 106 cm³/mol. The van der Waals surface area contributed by atoms with Gasteiger partial charge in [-0.3, -0.25) is 9.69 Å². The average molecular weight is 387 g/mol. The Kier molecular flexibility index (Phi) is 4.54. The quantitative estimate of drug-likeness (QED) is 0.730. The van der Waals surface area contributed by atoms with E-state index < -0.39 is 0 Å². The van der Waals surface area contributed by atoms with Gasteiger partial charge in [-0.05, 0) is 43.3 Å². The molecule has 0 aliphatic carbocycles. The number of ether oxygens (including phenoxy) is 1. The first-order valence-corrected chi connectivity index (χ1v) is 9.73. The molecule has 0 N–H and O–H groups in total. The van der Waals surface area contributed by atoms with Gasteiger partial charge in [0.1, 0.15) is 5.04 Å². The smallest absolute Gasteiger partial charge is 0.409 e. The van der Waals surface area contributed by atoms with E-state index >= 15 is 0 Å². The molecule has 1 saturated heterocycles. The summed E-state index contributed by atoms with van der Waals surface area (Å²) in [7, 11) is 0. The maximum Gasteiger partial charge on any atom is 0.409 e. The Labute approximate surface area is 160 Å². The summed E-state index contributed by atoms with van der Waals surface area (Å²) in [4.78, 5) is 32.9. The van der Waals surface area contributed by atoms with E-state index in [4.69, 9.17) is 17.0 Å². The van der Waals surface area contributed by atoms with E-state index in [2.05, 4.69) is 4.99 Å². The van der Waals surface area contributed by atoms with Crippen molar-refractivity contribution >= 4 is 51.8 Å². The second-order valence-electron chi connectivity index (χ2n) is 6.08. The lowest BCUT2D eigenvalue weighted by molar-refractivity contribution is -0.113. The molecule has 8 heteroatoms. The number of fused-ring (bicyclic) bond motifs is 2. The molecule has 1 atom stereocenters. The Bertz CT molecular complexity index is 850. The zero-order valence-electron chi connectivity index (χ0n) is 14.2. The molecule has 1 aromatic carbocycles. The molecule has 0 spiro atoms. The molecule has 3 aliphatic rings. The number of amides is 2. The summed E-state index contributed by atoms with van der Waals surface area (Å²) in [6, 6.07) is 9.32. The van der Waals surface area contributed by atoms with E-state index in [-0.39, 0.29) is 22.4 Å². The lowest BCUT2D eigenvalue weighted by atomic mass is 9.97. The van der Waals surface area contributed by atoms with Crippen LogP contribution in [0.15, 0.2) is 46.5 Å². The largest absolute Gasteiger partial charge is 0.450 e. The minimum atomic E-state index is -0.304. The topological polar surface area (TPSA) is 62.2 Å². The number of nitrogens with zero attached hydrogens (tertiary/aromatic N) is 3. The fourth-order valence-electron chi connectivity index (χ4n) is 3.38. The van der Waals surface area contributed by atoms with E-state index in [0.717, 1.165) is 11.3 Å². The van der Waals surface area contributed by atoms with Crippen molar-refractivity contribution in [2.45, 2.75) is 18.6 Å². The van der Waals surface area contributed by atoms with E-state index in [1.165, 1.54) is 16.7 Å². The highest BCUT2D eigenvalue weighted by molar-refractivity contribution is 8.15. The maximum atomic E-state index is 13.2. The second kappa shape index (κ2) is 6.85. The van der Waals surface area contributed by atoms with Crippen LogP contribution in [-0.4, -0.2) is 52.0 Å². The van der Waals surface area contributed by atoms with Gasteiger partial charge in [-0.15, -0.1) is 0 Å². The highest BCUT2D eigenvalue weighted by Gasteiger charge is 2.44. The number of carbonyl (C=O) groups excluding carboxylic acids is 2. The molecule has 4 rings (SSSR count). The summed E-state index contributed by atoms with van der Waals surface area (Å²) < 4.78 is 5.10. The predicted octanol–water partition coefficient (Wildman–Crippen LogP) is 2.99. The monoisotopic (exact) mass is 387 g/mol. The van der Waals surface area contributed by atoms with Gasteiger partial charge in [-0.1, -0.05) is 30.0 Å². The minimum Gasteiger partial charge on any atom is -0.450 e. The fraction of sp³-hybridized carbons (Fsp3) is 0.333. The molecule has 3 heterocycles. The standard InChI is InChI=1S/C18H17N3O3S2/c1-2-24-18(23)20-9-8-12-13(10-20)26-15-14(12)16(22)21(17(25)19-15)11-6-4-3-5-7-11/h3-7,13H,2,8-10H2,1H3. The third-order valence-corrected chi connectivity index (χ3v) is 6.07. The van der Waals surface area contributed by atoms with Crippen molar-refractivity contribution in [2.75, 3.05) is 24.6 Å². The molecule has 1 unspecified atom stereocenters. The SMILES string of the molecule is CCOC(=O)N1CCC2=C3C(=O)N(c4ccccc4)C(=S)N=C3SC2C1. The fourth-order valence-corrected chi connectivity index (χ4v) is 5.09.